The first-order valence-corrected chi connectivity index (χ1v) is 10.9. The molecule has 2 heterocycles. The van der Waals surface area contributed by atoms with Gasteiger partial charge in [-0.05, 0) is 37.5 Å². The van der Waals surface area contributed by atoms with Crippen molar-refractivity contribution in [1.29, 1.82) is 0 Å². The van der Waals surface area contributed by atoms with E-state index in [0.29, 0.717) is 16.0 Å². The number of aromatic amines is 1. The number of thiazole rings is 1. The number of anilines is 1. The first kappa shape index (κ1) is 19.6. The molecule has 1 aromatic carbocycles. The molecule has 0 saturated heterocycles. The second kappa shape index (κ2) is 8.34. The molecule has 3 aromatic rings. The van der Waals surface area contributed by atoms with Gasteiger partial charge in [0, 0.05) is 12.1 Å². The molecule has 3 N–H and O–H groups in total. The minimum Gasteiger partial charge on any atom is -0.353 e. The molecule has 2 amide bonds. The third-order valence-electron chi connectivity index (χ3n) is 4.19. The average Bonchev–Trinajstić information content (AvgIpc) is 3.37. The number of hydrogen-bond donors (Lipinski definition) is 3. The van der Waals surface area contributed by atoms with Crippen LogP contribution >= 0.6 is 23.1 Å². The molecule has 10 heteroatoms. The lowest BCUT2D eigenvalue weighted by atomic mass is 10.2. The van der Waals surface area contributed by atoms with Gasteiger partial charge in [0.15, 0.2) is 10.3 Å². The summed E-state index contributed by atoms with van der Waals surface area (Å²) in [5, 5.41) is 6.48. The van der Waals surface area contributed by atoms with Gasteiger partial charge in [-0.2, -0.15) is 0 Å². The SMILES string of the molecule is Cc1ccc2nc(NC(=O)CSc3nc(CC(=O)NC4CC4)cc(=O)[nH]3)sc2c1. The van der Waals surface area contributed by atoms with Gasteiger partial charge in [-0.3, -0.25) is 14.4 Å². The number of thioether (sulfide) groups is 1. The van der Waals surface area contributed by atoms with Crippen LogP contribution in [0.1, 0.15) is 24.1 Å². The van der Waals surface area contributed by atoms with E-state index in [1.54, 1.807) is 0 Å². The number of fused-ring (bicyclic) bond motifs is 1. The van der Waals surface area contributed by atoms with Crippen molar-refractivity contribution in [3.8, 4) is 0 Å². The van der Waals surface area contributed by atoms with E-state index in [0.717, 1.165) is 40.4 Å². The van der Waals surface area contributed by atoms with Gasteiger partial charge in [-0.25, -0.2) is 9.97 Å². The Morgan fingerprint density at radius 2 is 2.07 bits per heavy atom. The van der Waals surface area contributed by atoms with E-state index in [1.165, 1.54) is 17.4 Å². The summed E-state index contributed by atoms with van der Waals surface area (Å²) in [7, 11) is 0. The summed E-state index contributed by atoms with van der Waals surface area (Å²) < 4.78 is 1.01. The first-order valence-electron chi connectivity index (χ1n) is 9.14. The number of amides is 2. The number of rotatable bonds is 7. The summed E-state index contributed by atoms with van der Waals surface area (Å²) in [6, 6.07) is 7.49. The highest BCUT2D eigenvalue weighted by Gasteiger charge is 2.23. The minimum absolute atomic E-state index is 0.0469. The predicted molar refractivity (Wildman–Crippen MR) is 113 cm³/mol. The largest absolute Gasteiger partial charge is 0.353 e. The Kier molecular flexibility index (Phi) is 5.63. The Morgan fingerprint density at radius 3 is 2.86 bits per heavy atom. The number of nitrogens with one attached hydrogen (secondary N) is 3. The van der Waals surface area contributed by atoms with Gasteiger partial charge in [0.05, 0.1) is 28.1 Å². The van der Waals surface area contributed by atoms with Crippen LogP contribution in [0.3, 0.4) is 0 Å². The maximum Gasteiger partial charge on any atom is 0.251 e. The Balaban J connectivity index is 1.35. The zero-order valence-corrected chi connectivity index (χ0v) is 17.3. The average molecular weight is 430 g/mol. The number of H-pyrrole nitrogens is 1. The Hall–Kier alpha value is -2.72. The van der Waals surface area contributed by atoms with Crippen LogP contribution in [0.2, 0.25) is 0 Å². The van der Waals surface area contributed by atoms with Gasteiger partial charge < -0.3 is 15.6 Å². The van der Waals surface area contributed by atoms with E-state index in [2.05, 4.69) is 25.6 Å². The maximum atomic E-state index is 12.3. The van der Waals surface area contributed by atoms with Crippen LogP contribution in [-0.2, 0) is 16.0 Å². The fourth-order valence-electron chi connectivity index (χ4n) is 2.69. The lowest BCUT2D eigenvalue weighted by Gasteiger charge is -2.05. The van der Waals surface area contributed by atoms with Crippen molar-refractivity contribution in [1.82, 2.24) is 20.3 Å². The van der Waals surface area contributed by atoms with Crippen molar-refractivity contribution >= 4 is 50.3 Å². The lowest BCUT2D eigenvalue weighted by molar-refractivity contribution is -0.120. The van der Waals surface area contributed by atoms with Crippen LogP contribution in [0.15, 0.2) is 34.2 Å². The summed E-state index contributed by atoms with van der Waals surface area (Å²) in [5.74, 6) is -0.328. The van der Waals surface area contributed by atoms with Gasteiger partial charge in [-0.15, -0.1) is 0 Å². The van der Waals surface area contributed by atoms with E-state index >= 15 is 0 Å². The fourth-order valence-corrected chi connectivity index (χ4v) is 4.36. The topological polar surface area (TPSA) is 117 Å². The van der Waals surface area contributed by atoms with Crippen molar-refractivity contribution in [2.24, 2.45) is 0 Å². The maximum absolute atomic E-state index is 12.3. The molecule has 1 aliphatic rings. The van der Waals surface area contributed by atoms with Crippen LogP contribution in [-0.4, -0.2) is 38.6 Å². The number of nitrogens with zero attached hydrogens (tertiary/aromatic N) is 2. The van der Waals surface area contributed by atoms with Crippen molar-refractivity contribution in [2.45, 2.75) is 37.4 Å². The zero-order valence-electron chi connectivity index (χ0n) is 15.7. The molecule has 0 aliphatic heterocycles. The summed E-state index contributed by atoms with van der Waals surface area (Å²) >= 11 is 2.52. The second-order valence-corrected chi connectivity index (χ2v) is 8.88. The first-order chi connectivity index (χ1) is 13.9. The van der Waals surface area contributed by atoms with Crippen LogP contribution in [0.25, 0.3) is 10.2 Å². The number of carbonyl (C=O) groups is 2. The lowest BCUT2D eigenvalue weighted by Crippen LogP contribution is -2.28. The van der Waals surface area contributed by atoms with E-state index in [1.807, 2.05) is 25.1 Å². The molecule has 1 aliphatic carbocycles. The third kappa shape index (κ3) is 5.42. The molecular formula is C19H19N5O3S2. The van der Waals surface area contributed by atoms with Gasteiger partial charge in [0.2, 0.25) is 11.8 Å². The molecule has 0 unspecified atom stereocenters. The van der Waals surface area contributed by atoms with Crippen molar-refractivity contribution in [3.05, 3.63) is 45.9 Å². The molecule has 0 atom stereocenters. The zero-order chi connectivity index (χ0) is 20.4. The van der Waals surface area contributed by atoms with Gasteiger partial charge in [0.1, 0.15) is 0 Å². The quantitative estimate of drug-likeness (QED) is 0.392. The van der Waals surface area contributed by atoms with Gasteiger partial charge in [-0.1, -0.05) is 29.2 Å². The number of aromatic nitrogens is 3. The van der Waals surface area contributed by atoms with Gasteiger partial charge in [0.25, 0.3) is 5.56 Å². The molecule has 29 heavy (non-hydrogen) atoms. The molecule has 1 saturated carbocycles. The molecule has 0 radical (unpaired) electrons. The highest BCUT2D eigenvalue weighted by Crippen LogP contribution is 2.27. The highest BCUT2D eigenvalue weighted by atomic mass is 32.2. The van der Waals surface area contributed by atoms with E-state index in [-0.39, 0.29) is 35.6 Å². The Morgan fingerprint density at radius 1 is 1.24 bits per heavy atom. The predicted octanol–water partition coefficient (Wildman–Crippen LogP) is 2.24. The fraction of sp³-hybridized carbons (Fsp3) is 0.316. The molecular weight excluding hydrogens is 410 g/mol. The van der Waals surface area contributed by atoms with E-state index in [4.69, 9.17) is 0 Å². The number of carbonyl (C=O) groups excluding carboxylic acids is 2. The molecule has 8 nitrogen and oxygen atoms in total. The van der Waals surface area contributed by atoms with Crippen molar-refractivity contribution in [2.75, 3.05) is 11.1 Å². The Bertz CT molecular complexity index is 1140. The molecule has 1 fully saturated rings. The molecule has 2 aromatic heterocycles. The molecule has 150 valence electrons. The molecule has 0 bridgehead atoms. The molecule has 0 spiro atoms. The van der Waals surface area contributed by atoms with E-state index < -0.39 is 0 Å². The summed E-state index contributed by atoms with van der Waals surface area (Å²) in [4.78, 5) is 47.3. The van der Waals surface area contributed by atoms with E-state index in [9.17, 15) is 14.4 Å². The third-order valence-corrected chi connectivity index (χ3v) is 5.99. The number of benzene rings is 1. The molecule has 4 rings (SSSR count). The smallest absolute Gasteiger partial charge is 0.251 e. The minimum atomic E-state index is -0.348. The van der Waals surface area contributed by atoms with Crippen LogP contribution < -0.4 is 16.2 Å². The van der Waals surface area contributed by atoms with Crippen molar-refractivity contribution < 1.29 is 9.59 Å². The van der Waals surface area contributed by atoms with Crippen LogP contribution in [0.5, 0.6) is 0 Å². The second-order valence-electron chi connectivity index (χ2n) is 6.89. The van der Waals surface area contributed by atoms with Crippen LogP contribution in [0.4, 0.5) is 5.13 Å². The Labute approximate surface area is 174 Å². The normalized spacial score (nSPS) is 13.4. The summed E-state index contributed by atoms with van der Waals surface area (Å²) in [5.41, 5.74) is 2.01. The number of hydrogen-bond acceptors (Lipinski definition) is 7. The van der Waals surface area contributed by atoms with Gasteiger partial charge >= 0.3 is 0 Å². The van der Waals surface area contributed by atoms with Crippen molar-refractivity contribution in [3.63, 3.8) is 0 Å². The van der Waals surface area contributed by atoms with Crippen LogP contribution in [0, 0.1) is 6.92 Å². The monoisotopic (exact) mass is 429 g/mol. The highest BCUT2D eigenvalue weighted by molar-refractivity contribution is 7.99. The number of aryl methyl sites for hydroxylation is 1. The summed E-state index contributed by atoms with van der Waals surface area (Å²) in [6.07, 6.45) is 2.04. The standard InChI is InChI=1S/C19H19N5O3S2/c1-10-2-5-13-14(6-10)29-19(22-13)24-17(27)9-28-18-21-12(8-16(26)23-18)7-15(25)20-11-3-4-11/h2,5-6,8,11H,3-4,7,9H2,1H3,(H,20,25)(H,21,23,26)(H,22,24,27). The summed E-state index contributed by atoms with van der Waals surface area (Å²) in [6.45, 7) is 2.01.